The molecule has 26 heavy (non-hydrogen) atoms. The Balaban J connectivity index is 1.45. The van der Waals surface area contributed by atoms with Crippen molar-refractivity contribution in [3.63, 3.8) is 0 Å². The number of rotatable bonds is 3. The number of carbonyl (C=O) groups excluding carboxylic acids is 1. The number of anilines is 2. The normalized spacial score (nSPS) is 14.6. The summed E-state index contributed by atoms with van der Waals surface area (Å²) in [6.07, 6.45) is 1.96. The number of pyridine rings is 1. The number of amides is 1. The Bertz CT molecular complexity index is 922. The van der Waals surface area contributed by atoms with Crippen molar-refractivity contribution in [2.45, 2.75) is 6.42 Å². The van der Waals surface area contributed by atoms with Crippen molar-refractivity contribution in [3.05, 3.63) is 54.4 Å². The van der Waals surface area contributed by atoms with Gasteiger partial charge in [-0.05, 0) is 17.7 Å². The molecular formula is C19H20N6O. The van der Waals surface area contributed by atoms with Crippen molar-refractivity contribution in [2.24, 2.45) is 0 Å². The minimum atomic E-state index is 0.165. The lowest BCUT2D eigenvalue weighted by Crippen LogP contribution is -2.49. The van der Waals surface area contributed by atoms with Crippen LogP contribution in [0.3, 0.4) is 0 Å². The quantitative estimate of drug-likeness (QED) is 0.772. The zero-order chi connectivity index (χ0) is 17.9. The van der Waals surface area contributed by atoms with Crippen LogP contribution in [0.4, 0.5) is 11.6 Å². The summed E-state index contributed by atoms with van der Waals surface area (Å²) in [5, 5.41) is 0.880. The van der Waals surface area contributed by atoms with Crippen LogP contribution in [0.1, 0.15) is 5.56 Å². The lowest BCUT2D eigenvalue weighted by Gasteiger charge is -2.35. The summed E-state index contributed by atoms with van der Waals surface area (Å²) in [7, 11) is 0. The maximum Gasteiger partial charge on any atom is 0.227 e. The highest BCUT2D eigenvalue weighted by Crippen LogP contribution is 2.23. The number of benzene rings is 1. The van der Waals surface area contributed by atoms with E-state index in [0.717, 1.165) is 29.9 Å². The maximum atomic E-state index is 12.5. The molecule has 4 rings (SSSR count). The van der Waals surface area contributed by atoms with E-state index < -0.39 is 0 Å². The summed E-state index contributed by atoms with van der Waals surface area (Å²) in [6.45, 7) is 2.83. The summed E-state index contributed by atoms with van der Waals surface area (Å²) < 4.78 is 0. The van der Waals surface area contributed by atoms with Crippen LogP contribution in [0.15, 0.2) is 48.8 Å². The number of aromatic nitrogens is 3. The lowest BCUT2D eigenvalue weighted by atomic mass is 10.1. The van der Waals surface area contributed by atoms with Gasteiger partial charge in [0.1, 0.15) is 18.0 Å². The number of nitrogens with zero attached hydrogens (tertiary/aromatic N) is 5. The third-order valence-corrected chi connectivity index (χ3v) is 4.63. The smallest absolute Gasteiger partial charge is 0.227 e. The van der Waals surface area contributed by atoms with Crippen molar-refractivity contribution < 1.29 is 4.79 Å². The van der Waals surface area contributed by atoms with Gasteiger partial charge in [-0.2, -0.15) is 0 Å². The first-order valence-corrected chi connectivity index (χ1v) is 8.64. The topological polar surface area (TPSA) is 88.2 Å². The zero-order valence-electron chi connectivity index (χ0n) is 14.4. The average Bonchev–Trinajstić information content (AvgIpc) is 2.68. The van der Waals surface area contributed by atoms with Crippen LogP contribution in [0.25, 0.3) is 11.0 Å². The van der Waals surface area contributed by atoms with Gasteiger partial charge < -0.3 is 15.5 Å². The highest BCUT2D eigenvalue weighted by atomic mass is 16.2. The molecule has 1 aliphatic rings. The summed E-state index contributed by atoms with van der Waals surface area (Å²) in [6, 6.07) is 13.5. The molecule has 0 radical (unpaired) electrons. The fourth-order valence-corrected chi connectivity index (χ4v) is 3.25. The van der Waals surface area contributed by atoms with Crippen LogP contribution in [0.2, 0.25) is 0 Å². The molecule has 1 aromatic carbocycles. The fraction of sp³-hybridized carbons (Fsp3) is 0.263. The van der Waals surface area contributed by atoms with Crippen molar-refractivity contribution in [2.75, 3.05) is 36.8 Å². The van der Waals surface area contributed by atoms with E-state index in [1.165, 1.54) is 6.33 Å². The van der Waals surface area contributed by atoms with Crippen LogP contribution in [-0.2, 0) is 11.2 Å². The van der Waals surface area contributed by atoms with Crippen LogP contribution >= 0.6 is 0 Å². The second-order valence-electron chi connectivity index (χ2n) is 6.33. The number of hydrogen-bond acceptors (Lipinski definition) is 6. The highest BCUT2D eigenvalue weighted by Gasteiger charge is 2.23. The number of nitrogens with two attached hydrogens (primary N) is 1. The predicted octanol–water partition coefficient (Wildman–Crippen LogP) is 1.50. The standard InChI is InChI=1S/C19H20N6O/c20-16-7-6-15-18(23-16)21-13-22-19(15)25-10-8-24(9-11-25)17(26)12-14-4-2-1-3-5-14/h1-7,13H,8-12H2,(H2,20,21,22,23). The first kappa shape index (κ1) is 16.3. The summed E-state index contributed by atoms with van der Waals surface area (Å²) in [4.78, 5) is 29.5. The average molecular weight is 348 g/mol. The molecule has 1 saturated heterocycles. The van der Waals surface area contributed by atoms with Crippen molar-refractivity contribution in [1.29, 1.82) is 0 Å². The monoisotopic (exact) mass is 348 g/mol. The number of piperazine rings is 1. The number of nitrogen functional groups attached to an aromatic ring is 1. The highest BCUT2D eigenvalue weighted by molar-refractivity contribution is 5.88. The van der Waals surface area contributed by atoms with E-state index >= 15 is 0 Å². The first-order valence-electron chi connectivity index (χ1n) is 8.64. The van der Waals surface area contributed by atoms with Gasteiger partial charge in [0.2, 0.25) is 5.91 Å². The first-order chi connectivity index (χ1) is 12.7. The molecule has 0 saturated carbocycles. The summed E-state index contributed by atoms with van der Waals surface area (Å²) >= 11 is 0. The lowest BCUT2D eigenvalue weighted by molar-refractivity contribution is -0.130. The van der Waals surface area contributed by atoms with E-state index in [-0.39, 0.29) is 5.91 Å². The SMILES string of the molecule is Nc1ccc2c(N3CCN(C(=O)Cc4ccccc4)CC3)ncnc2n1. The summed E-state index contributed by atoms with van der Waals surface area (Å²) in [5.74, 6) is 1.45. The second-order valence-corrected chi connectivity index (χ2v) is 6.33. The van der Waals surface area contributed by atoms with Crippen LogP contribution in [0, 0.1) is 0 Å². The van der Waals surface area contributed by atoms with Crippen molar-refractivity contribution >= 4 is 28.6 Å². The molecule has 2 N–H and O–H groups in total. The van der Waals surface area contributed by atoms with Crippen LogP contribution in [-0.4, -0.2) is 51.9 Å². The molecule has 7 nitrogen and oxygen atoms in total. The van der Waals surface area contributed by atoms with Crippen molar-refractivity contribution in [3.8, 4) is 0 Å². The Hall–Kier alpha value is -3.22. The predicted molar refractivity (Wildman–Crippen MR) is 101 cm³/mol. The molecule has 1 aliphatic heterocycles. The van der Waals surface area contributed by atoms with Crippen LogP contribution < -0.4 is 10.6 Å². The molecule has 1 amide bonds. The van der Waals surface area contributed by atoms with Gasteiger partial charge in [0.05, 0.1) is 11.8 Å². The maximum absolute atomic E-state index is 12.5. The van der Waals surface area contributed by atoms with E-state index in [2.05, 4.69) is 19.9 Å². The van der Waals surface area contributed by atoms with E-state index in [1.807, 2.05) is 41.3 Å². The van der Waals surface area contributed by atoms with Gasteiger partial charge in [0.25, 0.3) is 0 Å². The minimum Gasteiger partial charge on any atom is -0.384 e. The molecular weight excluding hydrogens is 328 g/mol. The molecule has 3 heterocycles. The fourth-order valence-electron chi connectivity index (χ4n) is 3.25. The molecule has 3 aromatic rings. The molecule has 132 valence electrons. The van der Waals surface area contributed by atoms with Gasteiger partial charge in [0.15, 0.2) is 5.65 Å². The Morgan fingerprint density at radius 1 is 1.00 bits per heavy atom. The number of fused-ring (bicyclic) bond motifs is 1. The van der Waals surface area contributed by atoms with E-state index in [1.54, 1.807) is 6.07 Å². The van der Waals surface area contributed by atoms with E-state index in [0.29, 0.717) is 31.0 Å². The third kappa shape index (κ3) is 3.28. The Morgan fingerprint density at radius 2 is 1.77 bits per heavy atom. The molecule has 0 aliphatic carbocycles. The van der Waals surface area contributed by atoms with Gasteiger partial charge in [0, 0.05) is 26.2 Å². The molecule has 0 bridgehead atoms. The third-order valence-electron chi connectivity index (χ3n) is 4.63. The van der Waals surface area contributed by atoms with Crippen molar-refractivity contribution in [1.82, 2.24) is 19.9 Å². The second kappa shape index (κ2) is 6.95. The van der Waals surface area contributed by atoms with Gasteiger partial charge in [-0.15, -0.1) is 0 Å². The van der Waals surface area contributed by atoms with Crippen LogP contribution in [0.5, 0.6) is 0 Å². The Kier molecular flexibility index (Phi) is 4.35. The number of hydrogen-bond donors (Lipinski definition) is 1. The molecule has 2 aromatic heterocycles. The molecule has 0 atom stereocenters. The molecule has 7 heteroatoms. The Morgan fingerprint density at radius 3 is 2.54 bits per heavy atom. The summed E-state index contributed by atoms with van der Waals surface area (Å²) in [5.41, 5.74) is 7.38. The molecule has 1 fully saturated rings. The number of carbonyl (C=O) groups is 1. The Labute approximate surface area is 151 Å². The van der Waals surface area contributed by atoms with E-state index in [4.69, 9.17) is 5.73 Å². The van der Waals surface area contributed by atoms with Gasteiger partial charge in [-0.1, -0.05) is 30.3 Å². The minimum absolute atomic E-state index is 0.165. The molecule has 0 unspecified atom stereocenters. The van der Waals surface area contributed by atoms with Gasteiger partial charge in [-0.3, -0.25) is 4.79 Å². The molecule has 0 spiro atoms. The van der Waals surface area contributed by atoms with Gasteiger partial charge in [-0.25, -0.2) is 15.0 Å². The largest absolute Gasteiger partial charge is 0.384 e. The van der Waals surface area contributed by atoms with E-state index in [9.17, 15) is 4.79 Å². The zero-order valence-corrected chi connectivity index (χ0v) is 14.4. The van der Waals surface area contributed by atoms with Gasteiger partial charge >= 0.3 is 0 Å².